The minimum atomic E-state index is -0.892. The Balaban J connectivity index is 2.06. The predicted octanol–water partition coefficient (Wildman–Crippen LogP) is 5.66. The van der Waals surface area contributed by atoms with Crippen molar-refractivity contribution in [1.82, 2.24) is 24.5 Å². The molecule has 0 radical (unpaired) electrons. The molecule has 0 aliphatic rings. The van der Waals surface area contributed by atoms with Gasteiger partial charge in [-0.1, -0.05) is 44.0 Å². The Morgan fingerprint density at radius 3 is 2.35 bits per heavy atom. The van der Waals surface area contributed by atoms with Gasteiger partial charge in [0.05, 0.1) is 33.5 Å². The van der Waals surface area contributed by atoms with Crippen molar-refractivity contribution in [3.63, 3.8) is 0 Å². The summed E-state index contributed by atoms with van der Waals surface area (Å²) in [5, 5.41) is 20.2. The van der Waals surface area contributed by atoms with E-state index in [1.807, 2.05) is 44.8 Å². The van der Waals surface area contributed by atoms with Crippen molar-refractivity contribution >= 4 is 21.9 Å². The van der Waals surface area contributed by atoms with Crippen LogP contribution in [-0.4, -0.2) is 29.7 Å². The van der Waals surface area contributed by atoms with Crippen molar-refractivity contribution in [1.29, 1.82) is 0 Å². The molecule has 4 rings (SSSR count). The van der Waals surface area contributed by atoms with Gasteiger partial charge in [0.15, 0.2) is 0 Å². The number of nitrogens with zero attached hydrogens (tertiary/aromatic N) is 5. The molecule has 0 bridgehead atoms. The molecule has 0 aliphatic carbocycles. The summed E-state index contributed by atoms with van der Waals surface area (Å²) >= 11 is 0. The summed E-state index contributed by atoms with van der Waals surface area (Å²) in [5.41, 5.74) is 6.22. The second-order valence-corrected chi connectivity index (χ2v) is 9.13. The number of pyridine rings is 1. The van der Waals surface area contributed by atoms with Gasteiger partial charge < -0.3 is 9.67 Å². The molecule has 3 aromatic heterocycles. The molecule has 1 N–H and O–H groups in total. The van der Waals surface area contributed by atoms with Gasteiger partial charge in [0, 0.05) is 30.2 Å². The highest BCUT2D eigenvalue weighted by Crippen LogP contribution is 2.37. The highest BCUT2D eigenvalue weighted by atomic mass is 16.3. The maximum Gasteiger partial charge on any atom is 0.0960 e. The molecule has 6 nitrogen and oxygen atoms in total. The van der Waals surface area contributed by atoms with Crippen molar-refractivity contribution in [2.75, 3.05) is 0 Å². The van der Waals surface area contributed by atoms with Crippen molar-refractivity contribution in [2.45, 2.75) is 71.9 Å². The number of hydrogen-bond donors (Lipinski definition) is 1. The van der Waals surface area contributed by atoms with Crippen LogP contribution in [0.2, 0.25) is 0 Å². The fourth-order valence-corrected chi connectivity index (χ4v) is 4.73. The van der Waals surface area contributed by atoms with E-state index >= 15 is 0 Å². The molecule has 0 spiro atoms. The molecule has 4 aromatic rings. The van der Waals surface area contributed by atoms with Gasteiger partial charge >= 0.3 is 0 Å². The molecule has 0 unspecified atom stereocenters. The van der Waals surface area contributed by atoms with Crippen LogP contribution in [0.15, 0.2) is 30.5 Å². The molecule has 0 fully saturated rings. The van der Waals surface area contributed by atoms with E-state index in [4.69, 9.17) is 4.98 Å². The summed E-state index contributed by atoms with van der Waals surface area (Å²) in [5.74, 6) is 0. The monoisotopic (exact) mass is 419 g/mol. The van der Waals surface area contributed by atoms with Crippen LogP contribution in [-0.2, 0) is 12.6 Å². The molecule has 164 valence electrons. The average Bonchev–Trinajstić information content (AvgIpc) is 3.22. The van der Waals surface area contributed by atoms with E-state index in [0.717, 1.165) is 70.1 Å². The molecule has 0 aliphatic heterocycles. The Hall–Kier alpha value is -2.73. The zero-order valence-electron chi connectivity index (χ0n) is 19.5. The fraction of sp³-hybridized carbons (Fsp3) is 0.480. The van der Waals surface area contributed by atoms with E-state index in [2.05, 4.69) is 46.9 Å². The zero-order valence-corrected chi connectivity index (χ0v) is 19.5. The van der Waals surface area contributed by atoms with Crippen LogP contribution in [0.1, 0.15) is 70.7 Å². The summed E-state index contributed by atoms with van der Waals surface area (Å²) < 4.78 is 4.27. The Kier molecular flexibility index (Phi) is 5.60. The summed E-state index contributed by atoms with van der Waals surface area (Å²) in [6, 6.07) is 8.89. The first kappa shape index (κ1) is 21.5. The molecule has 31 heavy (non-hydrogen) atoms. The molecule has 0 atom stereocenters. The fourth-order valence-electron chi connectivity index (χ4n) is 4.73. The van der Waals surface area contributed by atoms with Gasteiger partial charge in [-0.2, -0.15) is 0 Å². The lowest BCUT2D eigenvalue weighted by atomic mass is 9.97. The van der Waals surface area contributed by atoms with Crippen LogP contribution >= 0.6 is 0 Å². The Morgan fingerprint density at radius 1 is 1.06 bits per heavy atom. The molecular weight excluding hydrogens is 386 g/mol. The topological polar surface area (TPSA) is 68.8 Å². The van der Waals surface area contributed by atoms with Crippen LogP contribution in [0.3, 0.4) is 0 Å². The summed E-state index contributed by atoms with van der Waals surface area (Å²) in [6.45, 7) is 10.1. The largest absolute Gasteiger partial charge is 0.386 e. The molecule has 3 heterocycles. The smallest absolute Gasteiger partial charge is 0.0960 e. The molecule has 0 saturated carbocycles. The lowest BCUT2D eigenvalue weighted by Crippen LogP contribution is -2.15. The highest BCUT2D eigenvalue weighted by Gasteiger charge is 2.23. The molecule has 1 aromatic carbocycles. The van der Waals surface area contributed by atoms with E-state index in [0.29, 0.717) is 6.04 Å². The molecule has 0 saturated heterocycles. The third-order valence-corrected chi connectivity index (χ3v) is 6.22. The first-order chi connectivity index (χ1) is 14.8. The standard InChI is InChI=1S/C25H33N5O/c1-7-9-19(10-8-2)30-21-14-18(25(4,5)31)11-12-20(21)23-22(30)13-17(15-26-23)24-16(3)27-28-29(24)6/h11-15,19,31H,7-10H2,1-6H3. The molecule has 0 amide bonds. The quantitative estimate of drug-likeness (QED) is 0.419. The number of rotatable bonds is 7. The first-order valence-electron chi connectivity index (χ1n) is 11.3. The number of hydrogen-bond acceptors (Lipinski definition) is 4. The van der Waals surface area contributed by atoms with E-state index in [1.54, 1.807) is 0 Å². The average molecular weight is 420 g/mol. The van der Waals surface area contributed by atoms with E-state index in [1.165, 1.54) is 0 Å². The van der Waals surface area contributed by atoms with Crippen LogP contribution < -0.4 is 0 Å². The van der Waals surface area contributed by atoms with E-state index in [9.17, 15) is 5.11 Å². The van der Waals surface area contributed by atoms with Gasteiger partial charge in [-0.15, -0.1) is 5.10 Å². The Labute approximate surface area is 183 Å². The van der Waals surface area contributed by atoms with Gasteiger partial charge in [-0.05, 0) is 51.3 Å². The maximum atomic E-state index is 10.6. The van der Waals surface area contributed by atoms with Crippen LogP contribution in [0.5, 0.6) is 0 Å². The highest BCUT2D eigenvalue weighted by molar-refractivity contribution is 6.07. The Bertz CT molecular complexity index is 1200. The number of fused-ring (bicyclic) bond motifs is 3. The van der Waals surface area contributed by atoms with Crippen molar-refractivity contribution in [3.05, 3.63) is 41.7 Å². The number of aryl methyl sites for hydroxylation is 2. The zero-order chi connectivity index (χ0) is 22.3. The summed E-state index contributed by atoms with van der Waals surface area (Å²) in [4.78, 5) is 4.91. The minimum absolute atomic E-state index is 0.384. The van der Waals surface area contributed by atoms with E-state index in [-0.39, 0.29) is 0 Å². The first-order valence-corrected chi connectivity index (χ1v) is 11.3. The summed E-state index contributed by atoms with van der Waals surface area (Å²) in [7, 11) is 1.92. The van der Waals surface area contributed by atoms with Gasteiger partial charge in [0.1, 0.15) is 0 Å². The number of benzene rings is 1. The summed E-state index contributed by atoms with van der Waals surface area (Å²) in [6.07, 6.45) is 6.38. The Morgan fingerprint density at radius 2 is 1.77 bits per heavy atom. The van der Waals surface area contributed by atoms with Crippen LogP contribution in [0.25, 0.3) is 33.2 Å². The van der Waals surface area contributed by atoms with Crippen LogP contribution in [0.4, 0.5) is 0 Å². The number of aromatic nitrogens is 5. The van der Waals surface area contributed by atoms with Gasteiger partial charge in [0.2, 0.25) is 0 Å². The number of aliphatic hydroxyl groups is 1. The lowest BCUT2D eigenvalue weighted by Gasteiger charge is -2.22. The lowest BCUT2D eigenvalue weighted by molar-refractivity contribution is 0.0787. The third-order valence-electron chi connectivity index (χ3n) is 6.22. The SMILES string of the molecule is CCCC(CCC)n1c2cc(C(C)(C)O)ccc2c2ncc(-c3c(C)nnn3C)cc21. The van der Waals surface area contributed by atoms with Crippen molar-refractivity contribution < 1.29 is 5.11 Å². The normalized spacial score (nSPS) is 12.5. The maximum absolute atomic E-state index is 10.6. The van der Waals surface area contributed by atoms with Crippen LogP contribution in [0, 0.1) is 6.92 Å². The van der Waals surface area contributed by atoms with Crippen molar-refractivity contribution in [3.8, 4) is 11.3 Å². The van der Waals surface area contributed by atoms with Gasteiger partial charge in [-0.3, -0.25) is 4.98 Å². The minimum Gasteiger partial charge on any atom is -0.386 e. The molecular formula is C25H33N5O. The van der Waals surface area contributed by atoms with Gasteiger partial charge in [0.25, 0.3) is 0 Å². The van der Waals surface area contributed by atoms with E-state index < -0.39 is 5.60 Å². The molecule has 6 heteroatoms. The van der Waals surface area contributed by atoms with Crippen molar-refractivity contribution in [2.24, 2.45) is 7.05 Å². The second kappa shape index (κ2) is 8.08. The second-order valence-electron chi connectivity index (χ2n) is 9.13. The van der Waals surface area contributed by atoms with Gasteiger partial charge in [-0.25, -0.2) is 4.68 Å². The third kappa shape index (κ3) is 3.74. The predicted molar refractivity (Wildman–Crippen MR) is 126 cm³/mol.